The van der Waals surface area contributed by atoms with Gasteiger partial charge < -0.3 is 10.1 Å². The molecule has 0 unspecified atom stereocenters. The third kappa shape index (κ3) is 3.39. The molecule has 1 aliphatic heterocycles. The summed E-state index contributed by atoms with van der Waals surface area (Å²) in [6, 6.07) is 2.86. The quantitative estimate of drug-likeness (QED) is 0.801. The Morgan fingerprint density at radius 3 is 2.89 bits per heavy atom. The number of hydrogen-bond donors (Lipinski definition) is 2. The normalized spacial score (nSPS) is 23.6. The Labute approximate surface area is 113 Å². The molecule has 2 heterocycles. The van der Waals surface area contributed by atoms with Crippen molar-refractivity contribution in [3.63, 3.8) is 0 Å². The monoisotopic (exact) mass is 293 g/mol. The number of rotatable bonds is 4. The van der Waals surface area contributed by atoms with E-state index in [1.165, 1.54) is 18.5 Å². The SMILES string of the molecule is CO[C@H]1CNC[C@@H]1NS(=O)(=O)c1cccnc1.Cl. The van der Waals surface area contributed by atoms with Gasteiger partial charge in [0.1, 0.15) is 4.90 Å². The second kappa shape index (κ2) is 6.44. The molecule has 1 aromatic rings. The van der Waals surface area contributed by atoms with Gasteiger partial charge in [0.25, 0.3) is 0 Å². The first-order valence-corrected chi connectivity index (χ1v) is 6.77. The van der Waals surface area contributed by atoms with Crippen LogP contribution in [0.3, 0.4) is 0 Å². The highest BCUT2D eigenvalue weighted by Gasteiger charge is 2.31. The molecule has 2 atom stereocenters. The number of aromatic nitrogens is 1. The van der Waals surface area contributed by atoms with E-state index in [0.29, 0.717) is 13.1 Å². The van der Waals surface area contributed by atoms with E-state index < -0.39 is 10.0 Å². The maximum absolute atomic E-state index is 12.0. The molecule has 6 nitrogen and oxygen atoms in total. The zero-order valence-electron chi connectivity index (χ0n) is 9.87. The smallest absolute Gasteiger partial charge is 0.242 e. The molecule has 0 bridgehead atoms. The van der Waals surface area contributed by atoms with E-state index in [9.17, 15) is 8.42 Å². The van der Waals surface area contributed by atoms with E-state index >= 15 is 0 Å². The summed E-state index contributed by atoms with van der Waals surface area (Å²) in [5.74, 6) is 0. The highest BCUT2D eigenvalue weighted by Crippen LogP contribution is 2.10. The molecule has 1 aliphatic rings. The van der Waals surface area contributed by atoms with E-state index in [1.54, 1.807) is 13.2 Å². The lowest BCUT2D eigenvalue weighted by atomic mass is 10.2. The number of sulfonamides is 1. The molecule has 8 heteroatoms. The highest BCUT2D eigenvalue weighted by molar-refractivity contribution is 7.89. The van der Waals surface area contributed by atoms with Crippen LogP contribution in [0.5, 0.6) is 0 Å². The van der Waals surface area contributed by atoms with Crippen molar-refractivity contribution < 1.29 is 13.2 Å². The lowest BCUT2D eigenvalue weighted by Gasteiger charge is -2.18. The maximum Gasteiger partial charge on any atom is 0.242 e. The number of nitrogens with zero attached hydrogens (tertiary/aromatic N) is 1. The molecular formula is C10H16ClN3O3S. The number of methoxy groups -OCH3 is 1. The van der Waals surface area contributed by atoms with Crippen LogP contribution < -0.4 is 10.0 Å². The predicted octanol–water partition coefficient (Wildman–Crippen LogP) is -0.231. The number of hydrogen-bond acceptors (Lipinski definition) is 5. The van der Waals surface area contributed by atoms with Crippen LogP contribution in [-0.4, -0.2) is 45.7 Å². The Morgan fingerprint density at radius 1 is 1.50 bits per heavy atom. The zero-order valence-corrected chi connectivity index (χ0v) is 11.5. The standard InChI is InChI=1S/C10H15N3O3S.ClH/c1-16-10-7-12-6-9(10)13-17(14,15)8-3-2-4-11-5-8;/h2-5,9-10,12-13H,6-7H2,1H3;1H/t9-,10-;/m0./s1. The Kier molecular flexibility index (Phi) is 5.48. The van der Waals surface area contributed by atoms with Crippen molar-refractivity contribution >= 4 is 22.4 Å². The van der Waals surface area contributed by atoms with Crippen molar-refractivity contribution in [3.8, 4) is 0 Å². The predicted molar refractivity (Wildman–Crippen MR) is 69.3 cm³/mol. The average Bonchev–Trinajstić information content (AvgIpc) is 2.77. The minimum atomic E-state index is -3.52. The van der Waals surface area contributed by atoms with Gasteiger partial charge in [-0.15, -0.1) is 12.4 Å². The van der Waals surface area contributed by atoms with Gasteiger partial charge in [-0.2, -0.15) is 0 Å². The van der Waals surface area contributed by atoms with Gasteiger partial charge in [-0.1, -0.05) is 0 Å². The summed E-state index contributed by atoms with van der Waals surface area (Å²) in [6.45, 7) is 1.22. The fourth-order valence-corrected chi connectivity index (χ4v) is 3.02. The van der Waals surface area contributed by atoms with Gasteiger partial charge in [-0.25, -0.2) is 13.1 Å². The van der Waals surface area contributed by atoms with Crippen molar-refractivity contribution in [1.29, 1.82) is 0 Å². The molecule has 102 valence electrons. The molecule has 1 saturated heterocycles. The fourth-order valence-electron chi connectivity index (χ4n) is 1.79. The van der Waals surface area contributed by atoms with Crippen LogP contribution >= 0.6 is 12.4 Å². The molecule has 2 rings (SSSR count). The molecule has 0 saturated carbocycles. The number of nitrogens with one attached hydrogen (secondary N) is 2. The van der Waals surface area contributed by atoms with Gasteiger partial charge in [0.05, 0.1) is 12.1 Å². The van der Waals surface area contributed by atoms with Crippen LogP contribution in [0, 0.1) is 0 Å². The minimum absolute atomic E-state index is 0. The second-order valence-corrected chi connectivity index (χ2v) is 5.56. The van der Waals surface area contributed by atoms with Crippen LogP contribution in [0.15, 0.2) is 29.4 Å². The van der Waals surface area contributed by atoms with Crippen molar-refractivity contribution in [1.82, 2.24) is 15.0 Å². The van der Waals surface area contributed by atoms with Gasteiger partial charge in [0.2, 0.25) is 10.0 Å². The van der Waals surface area contributed by atoms with Crippen molar-refractivity contribution in [2.24, 2.45) is 0 Å². The van der Waals surface area contributed by atoms with Gasteiger partial charge in [0, 0.05) is 32.6 Å². The van der Waals surface area contributed by atoms with Crippen molar-refractivity contribution in [2.75, 3.05) is 20.2 Å². The summed E-state index contributed by atoms with van der Waals surface area (Å²) < 4.78 is 31.8. The largest absolute Gasteiger partial charge is 0.378 e. The molecule has 1 aromatic heterocycles. The van der Waals surface area contributed by atoms with Gasteiger partial charge in [0.15, 0.2) is 0 Å². The molecule has 18 heavy (non-hydrogen) atoms. The lowest BCUT2D eigenvalue weighted by molar-refractivity contribution is 0.103. The summed E-state index contributed by atoms with van der Waals surface area (Å²) in [7, 11) is -1.95. The first kappa shape index (κ1) is 15.3. The molecule has 1 fully saturated rings. The Hall–Kier alpha value is -0.730. The number of halogens is 1. The Bertz CT molecular complexity index is 469. The molecular weight excluding hydrogens is 278 g/mol. The number of ether oxygens (including phenoxy) is 1. The summed E-state index contributed by atoms with van der Waals surface area (Å²) >= 11 is 0. The highest BCUT2D eigenvalue weighted by atomic mass is 35.5. The third-order valence-corrected chi connectivity index (χ3v) is 4.19. The summed E-state index contributed by atoms with van der Waals surface area (Å²) in [5, 5.41) is 3.08. The first-order chi connectivity index (χ1) is 8.13. The van der Waals surface area contributed by atoms with Crippen molar-refractivity contribution in [2.45, 2.75) is 17.0 Å². The lowest BCUT2D eigenvalue weighted by Crippen LogP contribution is -2.43. The van der Waals surface area contributed by atoms with E-state index in [0.717, 1.165) is 0 Å². The molecule has 0 amide bonds. The molecule has 2 N–H and O–H groups in total. The zero-order chi connectivity index (χ0) is 12.3. The van der Waals surface area contributed by atoms with Gasteiger partial charge in [-0.05, 0) is 12.1 Å². The van der Waals surface area contributed by atoms with E-state index in [4.69, 9.17) is 4.74 Å². The van der Waals surface area contributed by atoms with Crippen molar-refractivity contribution in [3.05, 3.63) is 24.5 Å². The average molecular weight is 294 g/mol. The molecule has 0 aromatic carbocycles. The summed E-state index contributed by atoms with van der Waals surface area (Å²) in [6.07, 6.45) is 2.72. The topological polar surface area (TPSA) is 80.3 Å². The molecule has 0 radical (unpaired) electrons. The maximum atomic E-state index is 12.0. The fraction of sp³-hybridized carbons (Fsp3) is 0.500. The Balaban J connectivity index is 0.00000162. The second-order valence-electron chi connectivity index (χ2n) is 3.85. The third-order valence-electron chi connectivity index (χ3n) is 2.71. The van der Waals surface area contributed by atoms with Crippen LogP contribution in [-0.2, 0) is 14.8 Å². The van der Waals surface area contributed by atoms with E-state index in [-0.39, 0.29) is 29.4 Å². The Morgan fingerprint density at radius 2 is 2.28 bits per heavy atom. The van der Waals surface area contributed by atoms with Crippen LogP contribution in [0.4, 0.5) is 0 Å². The molecule has 0 aliphatic carbocycles. The summed E-state index contributed by atoms with van der Waals surface area (Å²) in [5.41, 5.74) is 0. The van der Waals surface area contributed by atoms with E-state index in [2.05, 4.69) is 15.0 Å². The van der Waals surface area contributed by atoms with Crippen LogP contribution in [0.1, 0.15) is 0 Å². The van der Waals surface area contributed by atoms with Gasteiger partial charge in [-0.3, -0.25) is 4.98 Å². The van der Waals surface area contributed by atoms with Crippen LogP contribution in [0.2, 0.25) is 0 Å². The van der Waals surface area contributed by atoms with Gasteiger partial charge >= 0.3 is 0 Å². The molecule has 0 spiro atoms. The number of pyridine rings is 1. The van der Waals surface area contributed by atoms with E-state index in [1.807, 2.05) is 0 Å². The summed E-state index contributed by atoms with van der Waals surface area (Å²) in [4.78, 5) is 3.97. The minimum Gasteiger partial charge on any atom is -0.378 e. The first-order valence-electron chi connectivity index (χ1n) is 5.29. The van der Waals surface area contributed by atoms with Crippen LogP contribution in [0.25, 0.3) is 0 Å².